The molecule has 0 N–H and O–H groups in total. The minimum Gasteiger partial charge on any atom is -0.0683 e. The molecule has 0 bridgehead atoms. The highest BCUT2D eigenvalue weighted by Gasteiger charge is 2.50. The van der Waals surface area contributed by atoms with Crippen LogP contribution in [-0.4, -0.2) is 22.9 Å². The van der Waals surface area contributed by atoms with Crippen molar-refractivity contribution in [2.45, 2.75) is 0 Å². The lowest BCUT2D eigenvalue weighted by Crippen LogP contribution is -2.86. The van der Waals surface area contributed by atoms with Gasteiger partial charge in [0, 0.05) is 0 Å². The molecule has 0 saturated heterocycles. The molecule has 3 heteroatoms. The van der Waals surface area contributed by atoms with E-state index in [-0.39, 0.29) is 6.71 Å². The summed E-state index contributed by atoms with van der Waals surface area (Å²) in [5, 5.41) is 11.3. The van der Waals surface area contributed by atoms with E-state index in [1.165, 1.54) is 69.0 Å². The molecule has 0 fully saturated rings. The van der Waals surface area contributed by atoms with Crippen molar-refractivity contribution in [2.24, 2.45) is 0 Å². The van der Waals surface area contributed by atoms with Gasteiger partial charge in [0.05, 0.1) is 0 Å². The van der Waals surface area contributed by atoms with Gasteiger partial charge in [-0.1, -0.05) is 265 Å². The van der Waals surface area contributed by atoms with Gasteiger partial charge in [0.15, 0.2) is 16.1 Å². The highest BCUT2D eigenvalue weighted by atomic mass is 28.3. The summed E-state index contributed by atoms with van der Waals surface area (Å²) in [5.41, 5.74) is 6.67. The zero-order valence-corrected chi connectivity index (χ0v) is 33.7. The first-order valence-corrected chi connectivity index (χ1v) is 24.0. The molecule has 10 rings (SSSR count). The number of hydrogen-bond acceptors (Lipinski definition) is 0. The van der Waals surface area contributed by atoms with Gasteiger partial charge < -0.3 is 0 Å². The molecule has 0 nitrogen and oxygen atoms in total. The predicted octanol–water partition coefficient (Wildman–Crippen LogP) is 4.94. The van der Waals surface area contributed by atoms with Gasteiger partial charge in [0.1, 0.15) is 0 Å². The lowest BCUT2D eigenvalue weighted by atomic mass is 9.35. The number of benzene rings is 9. The Kier molecular flexibility index (Phi) is 9.10. The zero-order chi connectivity index (χ0) is 38.1. The van der Waals surface area contributed by atoms with Crippen LogP contribution < -0.4 is 57.9 Å². The molecule has 0 amide bonds. The maximum atomic E-state index is 2.52. The largest absolute Gasteiger partial charge is 0.241 e. The molecule has 9 aromatic rings. The summed E-state index contributed by atoms with van der Waals surface area (Å²) in [6.45, 7) is 0.0599. The van der Waals surface area contributed by atoms with Crippen LogP contribution in [-0.2, 0) is 0 Å². The van der Waals surface area contributed by atoms with Gasteiger partial charge in [0.25, 0.3) is 0 Å². The van der Waals surface area contributed by atoms with E-state index < -0.39 is 16.1 Å². The van der Waals surface area contributed by atoms with Crippen molar-refractivity contribution in [3.8, 4) is 11.1 Å². The second-order valence-electron chi connectivity index (χ2n) is 15.1. The van der Waals surface area contributed by atoms with Crippen LogP contribution in [0.3, 0.4) is 0 Å². The van der Waals surface area contributed by atoms with Crippen molar-refractivity contribution < 1.29 is 0 Å². The molecule has 1 heterocycles. The zero-order valence-electron chi connectivity index (χ0n) is 31.7. The summed E-state index contributed by atoms with van der Waals surface area (Å²) < 4.78 is 0. The van der Waals surface area contributed by atoms with Gasteiger partial charge in [-0.25, -0.2) is 0 Å². The summed E-state index contributed by atoms with van der Waals surface area (Å²) in [4.78, 5) is 0. The minimum atomic E-state index is -2.72. The molecular formula is C54H41BSi2. The molecule has 1 aliphatic rings. The Morgan fingerprint density at radius 2 is 0.667 bits per heavy atom. The normalized spacial score (nSPS) is 13.0. The Morgan fingerprint density at radius 1 is 0.298 bits per heavy atom. The first kappa shape index (κ1) is 34.9. The topological polar surface area (TPSA) is 0 Å². The first-order chi connectivity index (χ1) is 28.3. The molecule has 0 saturated carbocycles. The van der Waals surface area contributed by atoms with Crippen LogP contribution in [0.4, 0.5) is 0 Å². The first-order valence-electron chi connectivity index (χ1n) is 20.0. The summed E-state index contributed by atoms with van der Waals surface area (Å²) in [7, 11) is -5.41. The third-order valence-corrected chi connectivity index (χ3v) is 22.0. The maximum Gasteiger partial charge on any atom is 0.241 e. The van der Waals surface area contributed by atoms with Crippen LogP contribution in [0.1, 0.15) is 0 Å². The van der Waals surface area contributed by atoms with Gasteiger partial charge in [-0.05, 0) is 52.6 Å². The smallest absolute Gasteiger partial charge is 0.0683 e. The van der Waals surface area contributed by atoms with Crippen LogP contribution in [0.15, 0.2) is 249 Å². The molecule has 0 atom stereocenters. The third-order valence-electron chi connectivity index (χ3n) is 12.3. The molecule has 0 spiro atoms. The molecular weight excluding hydrogens is 716 g/mol. The molecule has 0 aliphatic carbocycles. The lowest BCUT2D eigenvalue weighted by molar-refractivity contribution is 1.63. The molecule has 0 radical (unpaired) electrons. The Balaban J connectivity index is 1.22. The van der Waals surface area contributed by atoms with Crippen LogP contribution in [0, 0.1) is 0 Å². The van der Waals surface area contributed by atoms with Crippen LogP contribution >= 0.6 is 0 Å². The summed E-state index contributed by atoms with van der Waals surface area (Å²) >= 11 is 0. The second-order valence-corrected chi connectivity index (χ2v) is 22.6. The fourth-order valence-corrected chi connectivity index (χ4v) is 20.1. The van der Waals surface area contributed by atoms with Crippen molar-refractivity contribution >= 4 is 80.7 Å². The van der Waals surface area contributed by atoms with Crippen molar-refractivity contribution in [1.82, 2.24) is 0 Å². The van der Waals surface area contributed by atoms with Crippen molar-refractivity contribution in [1.29, 1.82) is 0 Å². The predicted molar refractivity (Wildman–Crippen MR) is 250 cm³/mol. The average Bonchev–Trinajstić information content (AvgIpc) is 3.30. The van der Waals surface area contributed by atoms with Gasteiger partial charge in [-0.15, -0.1) is 0 Å². The molecule has 268 valence electrons. The Bertz CT molecular complexity index is 2600. The van der Waals surface area contributed by atoms with E-state index in [0.29, 0.717) is 0 Å². The fraction of sp³-hybridized carbons (Fsp3) is 0. The second kappa shape index (κ2) is 14.9. The van der Waals surface area contributed by atoms with Crippen LogP contribution in [0.5, 0.6) is 0 Å². The molecule has 9 aromatic carbocycles. The molecule has 0 unspecified atom stereocenters. The van der Waals surface area contributed by atoms with E-state index in [4.69, 9.17) is 0 Å². The Morgan fingerprint density at radius 3 is 1.14 bits per heavy atom. The van der Waals surface area contributed by atoms with E-state index in [0.717, 1.165) is 0 Å². The van der Waals surface area contributed by atoms with Gasteiger partial charge in [-0.3, -0.25) is 0 Å². The van der Waals surface area contributed by atoms with Gasteiger partial charge >= 0.3 is 0 Å². The monoisotopic (exact) mass is 756 g/mol. The minimum absolute atomic E-state index is 0.0599. The highest BCUT2D eigenvalue weighted by molar-refractivity contribution is 7.26. The quantitative estimate of drug-likeness (QED) is 0.153. The fourth-order valence-electron chi connectivity index (χ4n) is 9.99. The van der Waals surface area contributed by atoms with Crippen LogP contribution in [0.2, 0.25) is 0 Å². The Labute approximate surface area is 338 Å². The number of rotatable bonds is 8. The van der Waals surface area contributed by atoms with Crippen LogP contribution in [0.25, 0.3) is 11.1 Å². The van der Waals surface area contributed by atoms with Gasteiger partial charge in [0.2, 0.25) is 6.71 Å². The SMILES string of the molecule is c1ccc([Si](c2ccccc2)(c2ccccc2)c2cccc(-c3ccccc3B3c4ccccc4[Si](c4ccccc4)(c4ccccc4)c4ccccc43)c2)cc1. The van der Waals surface area contributed by atoms with E-state index in [2.05, 4.69) is 249 Å². The summed E-state index contributed by atoms with van der Waals surface area (Å²) in [6, 6.07) is 93.8. The standard InChI is InChI=1S/C54H41BSi2/c1-6-24-43(25-7-1)56(44-26-8-2-9-27-44,45-28-10-3-11-29-45)48-34-22-23-42(41-48)49-35-16-17-36-50(49)55-51-37-18-20-39-53(51)57(46-30-12-4-13-31-46,47-32-14-5-15-33-47)54-40-21-19-38-52(54)55/h1-41H. The third kappa shape index (κ3) is 5.65. The van der Waals surface area contributed by atoms with E-state index >= 15 is 0 Å². The van der Waals surface area contributed by atoms with Crippen molar-refractivity contribution in [3.05, 3.63) is 249 Å². The van der Waals surface area contributed by atoms with E-state index in [9.17, 15) is 0 Å². The maximum absolute atomic E-state index is 2.72. The van der Waals surface area contributed by atoms with E-state index in [1.54, 1.807) is 0 Å². The number of hydrogen-bond donors (Lipinski definition) is 0. The average molecular weight is 757 g/mol. The molecule has 1 aliphatic heterocycles. The molecule has 57 heavy (non-hydrogen) atoms. The Hall–Kier alpha value is -6.52. The van der Waals surface area contributed by atoms with Crippen molar-refractivity contribution in [3.63, 3.8) is 0 Å². The van der Waals surface area contributed by atoms with Crippen molar-refractivity contribution in [2.75, 3.05) is 0 Å². The van der Waals surface area contributed by atoms with E-state index in [1.807, 2.05) is 0 Å². The summed E-state index contributed by atoms with van der Waals surface area (Å²) in [6.07, 6.45) is 0. The highest BCUT2D eigenvalue weighted by Crippen LogP contribution is 2.21. The number of fused-ring (bicyclic) bond motifs is 2. The molecule has 0 aromatic heterocycles. The van der Waals surface area contributed by atoms with Gasteiger partial charge in [-0.2, -0.15) is 0 Å². The summed E-state index contributed by atoms with van der Waals surface area (Å²) in [5.74, 6) is 0. The lowest BCUT2D eigenvalue weighted by Gasteiger charge is -2.43.